The van der Waals surface area contributed by atoms with Crippen molar-refractivity contribution >= 4 is 58.5 Å². The number of carbonyl (C=O) groups is 3. The maximum absolute atomic E-state index is 14.2. The van der Waals surface area contributed by atoms with Gasteiger partial charge in [0, 0.05) is 53.5 Å². The number of hydrogen-bond donors (Lipinski definition) is 3. The number of alkyl halides is 2. The van der Waals surface area contributed by atoms with Crippen molar-refractivity contribution in [2.75, 3.05) is 24.6 Å². The van der Waals surface area contributed by atoms with Crippen molar-refractivity contribution in [2.24, 2.45) is 0 Å². The van der Waals surface area contributed by atoms with E-state index in [1.165, 1.54) is 12.1 Å². The van der Waals surface area contributed by atoms with Crippen molar-refractivity contribution in [1.29, 1.82) is 0 Å². The number of hydrogen-bond acceptors (Lipinski definition) is 7. The van der Waals surface area contributed by atoms with Crippen LogP contribution in [0, 0.1) is 0 Å². The lowest BCUT2D eigenvalue weighted by molar-refractivity contribution is -0.149. The van der Waals surface area contributed by atoms with Crippen molar-refractivity contribution < 1.29 is 37.5 Å². The molecule has 0 aliphatic carbocycles. The summed E-state index contributed by atoms with van der Waals surface area (Å²) >= 11 is 2.57. The third kappa shape index (κ3) is 5.71. The minimum atomic E-state index is -5.75. The van der Waals surface area contributed by atoms with Gasteiger partial charge in [-0.1, -0.05) is 12.1 Å². The van der Waals surface area contributed by atoms with E-state index in [1.807, 2.05) is 12.1 Å². The Labute approximate surface area is 254 Å². The molecule has 0 unspecified atom stereocenters. The first-order valence-corrected chi connectivity index (χ1v) is 17.4. The summed E-state index contributed by atoms with van der Waals surface area (Å²) in [5, 5.41) is 3.02. The molecular weight excluding hydrogens is 621 g/mol. The maximum Gasteiger partial charge on any atom is 0.399 e. The van der Waals surface area contributed by atoms with Crippen molar-refractivity contribution in [3.63, 3.8) is 0 Å². The van der Waals surface area contributed by atoms with Crippen LogP contribution in [0.25, 0.3) is 10.1 Å². The number of likely N-dealkylation sites (tertiary alicyclic amines) is 1. The van der Waals surface area contributed by atoms with Crippen LogP contribution in [0.3, 0.4) is 0 Å². The topological polar surface area (TPSA) is 140 Å². The van der Waals surface area contributed by atoms with Crippen LogP contribution in [0.5, 0.6) is 0 Å². The summed E-state index contributed by atoms with van der Waals surface area (Å²) in [4.78, 5) is 66.6. The highest BCUT2D eigenvalue weighted by Gasteiger charge is 2.50. The summed E-state index contributed by atoms with van der Waals surface area (Å²) in [6, 6.07) is 6.83. The molecular formula is C28H29F2N4O6PS2. The molecule has 10 nitrogen and oxygen atoms in total. The molecule has 3 saturated heterocycles. The standard InChI is InChI=1S/C28H29F2N4O6PS2/c29-28(30,41(38,39)40)19-3-6-23-17(10-19)11-24(43-23)25(35)32-21-15-42-9-7-20-4-5-22(34(20)26(21)36)27(37)33-13-18(14-33)16-2-1-8-31-12-16/h1-3,6,8,10-12,18,20-22H,4-5,7,9,13-15H2,(H,32,35)(H2,38,39,40)/t20-,21+,22+/m1/s1. The lowest BCUT2D eigenvalue weighted by atomic mass is 9.92. The highest BCUT2D eigenvalue weighted by Crippen LogP contribution is 2.59. The third-order valence-corrected chi connectivity index (χ3v) is 11.5. The van der Waals surface area contributed by atoms with Gasteiger partial charge in [0.2, 0.25) is 11.8 Å². The Morgan fingerprint density at radius 1 is 1.12 bits per heavy atom. The Kier molecular flexibility index (Phi) is 8.10. The molecule has 1 aromatic carbocycles. The number of thioether (sulfide) groups is 1. The number of halogens is 2. The van der Waals surface area contributed by atoms with E-state index in [4.69, 9.17) is 9.79 Å². The fraction of sp³-hybridized carbons (Fsp3) is 0.429. The molecule has 3 aliphatic heterocycles. The second-order valence-corrected chi connectivity index (χ2v) is 14.9. The number of pyridine rings is 1. The molecule has 3 amide bonds. The molecule has 3 N–H and O–H groups in total. The zero-order valence-electron chi connectivity index (χ0n) is 22.8. The Balaban J connectivity index is 1.16. The zero-order chi connectivity index (χ0) is 30.5. The second-order valence-electron chi connectivity index (χ2n) is 11.1. The first kappa shape index (κ1) is 30.1. The van der Waals surface area contributed by atoms with Crippen molar-refractivity contribution in [1.82, 2.24) is 20.1 Å². The smallest absolute Gasteiger partial charge is 0.340 e. The molecule has 228 valence electrons. The predicted molar refractivity (Wildman–Crippen MR) is 158 cm³/mol. The van der Waals surface area contributed by atoms with Crippen LogP contribution in [0.4, 0.5) is 8.78 Å². The van der Waals surface area contributed by atoms with Crippen molar-refractivity contribution in [2.45, 2.75) is 49.0 Å². The number of fused-ring (bicyclic) bond motifs is 2. The second kappa shape index (κ2) is 11.6. The van der Waals surface area contributed by atoms with Gasteiger partial charge in [0.15, 0.2) is 0 Å². The van der Waals surface area contributed by atoms with Gasteiger partial charge in [0.05, 0.1) is 4.88 Å². The van der Waals surface area contributed by atoms with Crippen LogP contribution in [-0.2, 0) is 19.8 Å². The van der Waals surface area contributed by atoms with Gasteiger partial charge in [-0.2, -0.15) is 20.5 Å². The Bertz CT molecular complexity index is 1610. The van der Waals surface area contributed by atoms with E-state index in [9.17, 15) is 27.7 Å². The molecule has 2 aromatic heterocycles. The predicted octanol–water partition coefficient (Wildman–Crippen LogP) is 3.74. The van der Waals surface area contributed by atoms with E-state index < -0.39 is 36.8 Å². The molecule has 0 saturated carbocycles. The highest BCUT2D eigenvalue weighted by molar-refractivity contribution is 7.99. The van der Waals surface area contributed by atoms with Crippen LogP contribution in [0.15, 0.2) is 48.8 Å². The van der Waals surface area contributed by atoms with Gasteiger partial charge < -0.3 is 24.9 Å². The van der Waals surface area contributed by atoms with Crippen molar-refractivity contribution in [3.8, 4) is 0 Å². The normalized spacial score (nSPS) is 23.4. The van der Waals surface area contributed by atoms with Crippen LogP contribution in [-0.4, -0.2) is 85.0 Å². The minimum Gasteiger partial charge on any atom is -0.340 e. The Hall–Kier alpha value is -2.90. The van der Waals surface area contributed by atoms with Crippen LogP contribution >= 0.6 is 30.7 Å². The summed E-state index contributed by atoms with van der Waals surface area (Å²) in [7, 11) is -5.75. The largest absolute Gasteiger partial charge is 0.399 e. The summed E-state index contributed by atoms with van der Waals surface area (Å²) in [5.74, 6) is 0.350. The maximum atomic E-state index is 14.2. The van der Waals surface area contributed by atoms with Crippen molar-refractivity contribution in [3.05, 3.63) is 64.8 Å². The first-order chi connectivity index (χ1) is 20.4. The molecule has 3 fully saturated rings. The molecule has 0 bridgehead atoms. The van der Waals surface area contributed by atoms with E-state index in [0.29, 0.717) is 36.4 Å². The Morgan fingerprint density at radius 3 is 2.63 bits per heavy atom. The van der Waals surface area contributed by atoms with E-state index in [2.05, 4.69) is 10.3 Å². The van der Waals surface area contributed by atoms with Crippen LogP contribution in [0.2, 0.25) is 0 Å². The first-order valence-electron chi connectivity index (χ1n) is 13.8. The van der Waals surface area contributed by atoms with E-state index in [-0.39, 0.29) is 34.0 Å². The number of benzene rings is 1. The highest BCUT2D eigenvalue weighted by atomic mass is 32.2. The summed E-state index contributed by atoms with van der Waals surface area (Å²) in [6.45, 7) is 1.13. The third-order valence-electron chi connectivity index (χ3n) is 8.33. The van der Waals surface area contributed by atoms with Gasteiger partial charge in [-0.25, -0.2) is 0 Å². The minimum absolute atomic E-state index is 0.0817. The lowest BCUT2D eigenvalue weighted by Gasteiger charge is -2.43. The molecule has 5 heterocycles. The molecule has 6 rings (SSSR count). The number of rotatable bonds is 6. The molecule has 0 spiro atoms. The molecule has 0 radical (unpaired) electrons. The number of nitrogens with zero attached hydrogens (tertiary/aromatic N) is 3. The SMILES string of the molecule is O=C(N[C@H]1CSCC[C@H]2CC[C@@H](C(=O)N3CC(c4cccnc4)C3)N2C1=O)c1cc2cc(C(F)(F)P(=O)(O)O)ccc2s1. The molecule has 15 heteroatoms. The fourth-order valence-electron chi connectivity index (χ4n) is 5.95. The van der Waals surface area contributed by atoms with E-state index in [1.54, 1.807) is 34.0 Å². The summed E-state index contributed by atoms with van der Waals surface area (Å²) in [5.41, 5.74) is -4.15. The van der Waals surface area contributed by atoms with Crippen LogP contribution in [0.1, 0.15) is 46.0 Å². The molecule has 3 atom stereocenters. The Morgan fingerprint density at radius 2 is 1.91 bits per heavy atom. The summed E-state index contributed by atoms with van der Waals surface area (Å²) < 4.78 is 40.2. The number of carbonyl (C=O) groups excluding carboxylic acids is 3. The quantitative estimate of drug-likeness (QED) is 0.343. The number of aromatic nitrogens is 1. The fourth-order valence-corrected chi connectivity index (χ4v) is 8.44. The molecule has 3 aromatic rings. The van der Waals surface area contributed by atoms with E-state index >= 15 is 0 Å². The average Bonchev–Trinajstić information content (AvgIpc) is 3.56. The van der Waals surface area contributed by atoms with Gasteiger partial charge in [0.25, 0.3) is 5.91 Å². The number of thiophene rings is 1. The zero-order valence-corrected chi connectivity index (χ0v) is 25.3. The molecule has 43 heavy (non-hydrogen) atoms. The lowest BCUT2D eigenvalue weighted by Crippen LogP contribution is -2.60. The average molecular weight is 651 g/mol. The van der Waals surface area contributed by atoms with Gasteiger partial charge in [-0.3, -0.25) is 23.9 Å². The van der Waals surface area contributed by atoms with Crippen LogP contribution < -0.4 is 5.32 Å². The van der Waals surface area contributed by atoms with Gasteiger partial charge >= 0.3 is 13.3 Å². The summed E-state index contributed by atoms with van der Waals surface area (Å²) in [6.07, 6.45) is 5.54. The monoisotopic (exact) mass is 650 g/mol. The number of amides is 3. The van der Waals surface area contributed by atoms with Gasteiger partial charge in [-0.15, -0.1) is 11.3 Å². The van der Waals surface area contributed by atoms with Gasteiger partial charge in [-0.05, 0) is 60.2 Å². The van der Waals surface area contributed by atoms with Gasteiger partial charge in [0.1, 0.15) is 12.1 Å². The number of nitrogens with one attached hydrogen (secondary N) is 1. The van der Waals surface area contributed by atoms with E-state index in [0.717, 1.165) is 41.2 Å². The molecule has 3 aliphatic rings.